The smallest absolute Gasteiger partial charge is 0.253 e. The van der Waals surface area contributed by atoms with Crippen LogP contribution in [-0.4, -0.2) is 32.6 Å². The maximum atomic E-state index is 12.4. The Morgan fingerprint density at radius 3 is 2.86 bits per heavy atom. The minimum absolute atomic E-state index is 0.157. The van der Waals surface area contributed by atoms with Gasteiger partial charge in [-0.1, -0.05) is 25.1 Å². The first-order valence-corrected chi connectivity index (χ1v) is 9.86. The quantitative estimate of drug-likeness (QED) is 0.688. The van der Waals surface area contributed by atoms with Crippen LogP contribution in [0.25, 0.3) is 0 Å². The molecule has 0 spiro atoms. The van der Waals surface area contributed by atoms with Crippen molar-refractivity contribution in [1.82, 2.24) is 25.4 Å². The molecule has 1 N–H and O–H groups in total. The summed E-state index contributed by atoms with van der Waals surface area (Å²) >= 11 is 0. The molecule has 1 fully saturated rings. The summed E-state index contributed by atoms with van der Waals surface area (Å²) < 4.78 is 5.15. The lowest BCUT2D eigenvalue weighted by Crippen LogP contribution is -2.25. The molecule has 1 aliphatic heterocycles. The van der Waals surface area contributed by atoms with E-state index in [1.54, 1.807) is 12.3 Å². The predicted molar refractivity (Wildman–Crippen MR) is 107 cm³/mol. The van der Waals surface area contributed by atoms with Gasteiger partial charge in [0.05, 0.1) is 23.8 Å². The van der Waals surface area contributed by atoms with Gasteiger partial charge in [-0.25, -0.2) is 4.98 Å². The summed E-state index contributed by atoms with van der Waals surface area (Å²) in [6.45, 7) is 5.09. The third-order valence-electron chi connectivity index (χ3n) is 4.97. The molecule has 1 aliphatic rings. The maximum Gasteiger partial charge on any atom is 0.253 e. The number of rotatable bonds is 6. The van der Waals surface area contributed by atoms with Gasteiger partial charge >= 0.3 is 0 Å². The molecule has 3 aromatic heterocycles. The van der Waals surface area contributed by atoms with Crippen molar-refractivity contribution >= 4 is 11.7 Å². The molecule has 1 amide bonds. The molecular weight excluding hydrogens is 368 g/mol. The summed E-state index contributed by atoms with van der Waals surface area (Å²) in [5, 5.41) is 6.68. The van der Waals surface area contributed by atoms with E-state index in [1.165, 1.54) is 0 Å². The fraction of sp³-hybridized carbons (Fsp3) is 0.381. The van der Waals surface area contributed by atoms with Crippen LogP contribution in [0.15, 0.2) is 47.2 Å². The summed E-state index contributed by atoms with van der Waals surface area (Å²) in [4.78, 5) is 27.9. The van der Waals surface area contributed by atoms with E-state index >= 15 is 0 Å². The molecule has 3 aromatic rings. The van der Waals surface area contributed by atoms with Gasteiger partial charge in [0.25, 0.3) is 5.91 Å². The lowest BCUT2D eigenvalue weighted by Gasteiger charge is -2.25. The molecule has 1 atom stereocenters. The van der Waals surface area contributed by atoms with Gasteiger partial charge in [-0.05, 0) is 37.1 Å². The Hall–Kier alpha value is -3.29. The van der Waals surface area contributed by atoms with Crippen LogP contribution in [0.1, 0.15) is 66.4 Å². The number of hydrogen-bond donors (Lipinski definition) is 1. The molecule has 0 aliphatic carbocycles. The maximum absolute atomic E-state index is 12.4. The zero-order valence-corrected chi connectivity index (χ0v) is 16.6. The van der Waals surface area contributed by atoms with Crippen LogP contribution in [0.4, 0.5) is 5.82 Å². The molecule has 4 rings (SSSR count). The number of aromatic nitrogens is 4. The van der Waals surface area contributed by atoms with Crippen molar-refractivity contribution in [2.75, 3.05) is 11.4 Å². The summed E-state index contributed by atoms with van der Waals surface area (Å²) in [5.74, 6) is 1.82. The molecule has 0 aromatic carbocycles. The lowest BCUT2D eigenvalue weighted by atomic mass is 10.1. The zero-order chi connectivity index (χ0) is 20.2. The van der Waals surface area contributed by atoms with Crippen molar-refractivity contribution in [3.05, 3.63) is 65.7 Å². The molecule has 1 saturated heterocycles. The highest BCUT2D eigenvalue weighted by molar-refractivity contribution is 5.93. The summed E-state index contributed by atoms with van der Waals surface area (Å²) in [5.41, 5.74) is 1.55. The number of nitrogens with one attached hydrogen (secondary N) is 1. The highest BCUT2D eigenvalue weighted by atomic mass is 16.5. The molecule has 0 unspecified atom stereocenters. The SMILES string of the molecule is CC(C)c1nc(CNC(=O)c2ccc(N3CCC[C@H]3c3ccccn3)nc2)no1. The van der Waals surface area contributed by atoms with Gasteiger partial charge in [-0.2, -0.15) is 4.98 Å². The van der Waals surface area contributed by atoms with Gasteiger partial charge in [-0.15, -0.1) is 0 Å². The first kappa shape index (κ1) is 19.0. The minimum Gasteiger partial charge on any atom is -0.348 e. The Morgan fingerprint density at radius 1 is 1.28 bits per heavy atom. The molecule has 8 nitrogen and oxygen atoms in total. The molecule has 0 bridgehead atoms. The van der Waals surface area contributed by atoms with Crippen LogP contribution in [-0.2, 0) is 6.54 Å². The van der Waals surface area contributed by atoms with Crippen LogP contribution < -0.4 is 10.2 Å². The fourth-order valence-electron chi connectivity index (χ4n) is 3.45. The van der Waals surface area contributed by atoms with Crippen LogP contribution in [0.2, 0.25) is 0 Å². The van der Waals surface area contributed by atoms with Crippen molar-refractivity contribution in [2.24, 2.45) is 0 Å². The van der Waals surface area contributed by atoms with Gasteiger partial charge < -0.3 is 14.7 Å². The molecule has 4 heterocycles. The van der Waals surface area contributed by atoms with Gasteiger partial charge in [0.1, 0.15) is 5.82 Å². The number of anilines is 1. The first-order chi connectivity index (χ1) is 14.1. The van der Waals surface area contributed by atoms with E-state index in [9.17, 15) is 4.79 Å². The number of nitrogens with zero attached hydrogens (tertiary/aromatic N) is 5. The van der Waals surface area contributed by atoms with Gasteiger partial charge in [0.2, 0.25) is 5.89 Å². The Kier molecular flexibility index (Phi) is 5.50. The van der Waals surface area contributed by atoms with Crippen LogP contribution in [0.5, 0.6) is 0 Å². The molecule has 0 saturated carbocycles. The second-order valence-electron chi connectivity index (χ2n) is 7.40. The number of carbonyl (C=O) groups is 1. The van der Waals surface area contributed by atoms with E-state index in [-0.39, 0.29) is 24.4 Å². The second kappa shape index (κ2) is 8.38. The van der Waals surface area contributed by atoms with E-state index in [2.05, 4.69) is 30.3 Å². The van der Waals surface area contributed by atoms with E-state index in [4.69, 9.17) is 4.52 Å². The fourth-order valence-corrected chi connectivity index (χ4v) is 3.45. The van der Waals surface area contributed by atoms with E-state index in [0.29, 0.717) is 17.3 Å². The van der Waals surface area contributed by atoms with E-state index in [1.807, 2.05) is 44.3 Å². The minimum atomic E-state index is -0.220. The normalized spacial score (nSPS) is 16.4. The topological polar surface area (TPSA) is 97.0 Å². The van der Waals surface area contributed by atoms with Crippen molar-refractivity contribution in [1.29, 1.82) is 0 Å². The number of carbonyl (C=O) groups excluding carboxylic acids is 1. The van der Waals surface area contributed by atoms with Crippen molar-refractivity contribution in [3.63, 3.8) is 0 Å². The molecule has 0 radical (unpaired) electrons. The lowest BCUT2D eigenvalue weighted by molar-refractivity contribution is 0.0949. The Bertz CT molecular complexity index is 955. The summed E-state index contributed by atoms with van der Waals surface area (Å²) in [6, 6.07) is 9.88. The van der Waals surface area contributed by atoms with Gasteiger partial charge in [-0.3, -0.25) is 9.78 Å². The zero-order valence-electron chi connectivity index (χ0n) is 16.6. The second-order valence-corrected chi connectivity index (χ2v) is 7.40. The largest absolute Gasteiger partial charge is 0.348 e. The molecule has 29 heavy (non-hydrogen) atoms. The average Bonchev–Trinajstić information content (AvgIpc) is 3.43. The molecule has 150 valence electrons. The third kappa shape index (κ3) is 4.26. The first-order valence-electron chi connectivity index (χ1n) is 9.86. The average molecular weight is 392 g/mol. The number of hydrogen-bond acceptors (Lipinski definition) is 7. The van der Waals surface area contributed by atoms with E-state index < -0.39 is 0 Å². The number of pyridine rings is 2. The van der Waals surface area contributed by atoms with Crippen LogP contribution in [0.3, 0.4) is 0 Å². The highest BCUT2D eigenvalue weighted by Gasteiger charge is 2.28. The predicted octanol–water partition coefficient (Wildman–Crippen LogP) is 3.25. The standard InChI is InChI=1S/C21H24N6O2/c1-14(2)21-25-18(26-29-21)13-24-20(28)15-8-9-19(23-12-15)27-11-5-7-17(27)16-6-3-4-10-22-16/h3-4,6,8-10,12,14,17H,5,7,11,13H2,1-2H3,(H,24,28)/t17-/m0/s1. The van der Waals surface area contributed by atoms with E-state index in [0.717, 1.165) is 30.9 Å². The Morgan fingerprint density at radius 2 is 2.17 bits per heavy atom. The number of amides is 1. The molecule has 8 heteroatoms. The Balaban J connectivity index is 1.40. The highest BCUT2D eigenvalue weighted by Crippen LogP contribution is 2.34. The summed E-state index contributed by atoms with van der Waals surface area (Å²) in [7, 11) is 0. The monoisotopic (exact) mass is 392 g/mol. The molecular formula is C21H24N6O2. The van der Waals surface area contributed by atoms with Gasteiger partial charge in [0, 0.05) is 24.9 Å². The van der Waals surface area contributed by atoms with Crippen LogP contribution in [0, 0.1) is 0 Å². The summed E-state index contributed by atoms with van der Waals surface area (Å²) in [6.07, 6.45) is 5.56. The van der Waals surface area contributed by atoms with Crippen LogP contribution >= 0.6 is 0 Å². The van der Waals surface area contributed by atoms with Crippen molar-refractivity contribution in [2.45, 2.75) is 45.2 Å². The van der Waals surface area contributed by atoms with Crippen molar-refractivity contribution in [3.8, 4) is 0 Å². The Labute approximate surface area is 169 Å². The van der Waals surface area contributed by atoms with Gasteiger partial charge in [0.15, 0.2) is 5.82 Å². The van der Waals surface area contributed by atoms with Crippen molar-refractivity contribution < 1.29 is 9.32 Å². The third-order valence-corrected chi connectivity index (χ3v) is 4.97.